The first-order valence-electron chi connectivity index (χ1n) is 3.69. The third-order valence-corrected chi connectivity index (χ3v) is 7.61. The van der Waals surface area contributed by atoms with Crippen molar-refractivity contribution in [1.29, 1.82) is 0 Å². The molecule has 0 atom stereocenters. The molecule has 0 aromatic rings. The molecule has 0 saturated carbocycles. The molecule has 0 amide bonds. The van der Waals surface area contributed by atoms with E-state index in [4.69, 9.17) is 20.9 Å². The zero-order valence-electron chi connectivity index (χ0n) is 6.73. The summed E-state index contributed by atoms with van der Waals surface area (Å²) in [4.78, 5) is 0. The van der Waals surface area contributed by atoms with Gasteiger partial charge in [-0.15, -0.1) is 0 Å². The molecule has 0 aliphatic carbocycles. The fourth-order valence-electron chi connectivity index (χ4n) is 0.857. The van der Waals surface area contributed by atoms with Crippen LogP contribution in [0.4, 0.5) is 0 Å². The molecule has 0 aromatic carbocycles. The predicted molar refractivity (Wildman–Crippen MR) is 59.7 cm³/mol. The lowest BCUT2D eigenvalue weighted by Gasteiger charge is -2.24. The molecule has 1 aliphatic rings. The molecule has 0 aromatic heterocycles. The van der Waals surface area contributed by atoms with Crippen LogP contribution in [0.25, 0.3) is 0 Å². The Bertz CT molecular complexity index is 184. The minimum absolute atomic E-state index is 0.630. The fraction of sp³-hybridized carbons (Fsp3) is 1.00. The zero-order chi connectivity index (χ0) is 9.03. The first kappa shape index (κ1) is 11.4. The summed E-state index contributed by atoms with van der Waals surface area (Å²) in [5.74, 6) is 0. The minimum Gasteiger partial charge on any atom is -0.315 e. The second kappa shape index (κ2) is 5.29. The summed E-state index contributed by atoms with van der Waals surface area (Å²) in [6.07, 6.45) is 1.05. The maximum atomic E-state index is 5.42. The van der Waals surface area contributed by atoms with Gasteiger partial charge in [0, 0.05) is 31.7 Å². The summed E-state index contributed by atoms with van der Waals surface area (Å²) in [6.45, 7) is 2.15. The van der Waals surface area contributed by atoms with Gasteiger partial charge < -0.3 is 9.05 Å². The Hall–Kier alpha value is 1.36. The van der Waals surface area contributed by atoms with Crippen molar-refractivity contribution in [2.75, 3.05) is 19.8 Å². The van der Waals surface area contributed by atoms with Gasteiger partial charge in [-0.1, -0.05) is 6.92 Å². The minimum atomic E-state index is -2.11. The molecule has 1 saturated heterocycles. The molecular formula is C5H11BrNO2PS2. The van der Waals surface area contributed by atoms with Gasteiger partial charge in [-0.25, -0.2) is 0 Å². The van der Waals surface area contributed by atoms with Crippen LogP contribution in [0.3, 0.4) is 0 Å². The monoisotopic (exact) mass is 291 g/mol. The summed E-state index contributed by atoms with van der Waals surface area (Å²) in [5, 5.41) is 0. The molecular weight excluding hydrogens is 281 g/mol. The van der Waals surface area contributed by atoms with Crippen molar-refractivity contribution in [2.24, 2.45) is 0 Å². The Morgan fingerprint density at radius 2 is 2.17 bits per heavy atom. The smallest absolute Gasteiger partial charge is 0.274 e. The lowest BCUT2D eigenvalue weighted by atomic mass is 10.5. The highest BCUT2D eigenvalue weighted by atomic mass is 79.9. The Morgan fingerprint density at radius 1 is 1.58 bits per heavy atom. The predicted octanol–water partition coefficient (Wildman–Crippen LogP) is 2.93. The van der Waals surface area contributed by atoms with Crippen molar-refractivity contribution in [2.45, 2.75) is 13.3 Å². The van der Waals surface area contributed by atoms with Gasteiger partial charge in [-0.3, -0.25) is 0 Å². The van der Waals surface area contributed by atoms with E-state index in [1.54, 1.807) is 0 Å². The van der Waals surface area contributed by atoms with E-state index in [0.29, 0.717) is 13.2 Å². The average Bonchev–Trinajstić information content (AvgIpc) is 2.49. The quantitative estimate of drug-likeness (QED) is 0.585. The summed E-state index contributed by atoms with van der Waals surface area (Å²) in [7, 11) is 1.43. The molecule has 0 N–H and O–H groups in total. The largest absolute Gasteiger partial charge is 0.315 e. The third-order valence-electron chi connectivity index (χ3n) is 1.36. The molecule has 3 nitrogen and oxygen atoms in total. The van der Waals surface area contributed by atoms with Crippen molar-refractivity contribution < 1.29 is 9.05 Å². The second-order valence-electron chi connectivity index (χ2n) is 2.28. The molecule has 1 aliphatic heterocycles. The van der Waals surface area contributed by atoms with E-state index in [0.717, 1.165) is 13.0 Å². The van der Waals surface area contributed by atoms with Crippen molar-refractivity contribution in [1.82, 2.24) is 4.08 Å². The highest BCUT2D eigenvalue weighted by Gasteiger charge is 2.32. The van der Waals surface area contributed by atoms with Crippen LogP contribution in [0, 0.1) is 0 Å². The topological polar surface area (TPSA) is 21.7 Å². The van der Waals surface area contributed by atoms with Gasteiger partial charge in [0.05, 0.1) is 13.2 Å². The van der Waals surface area contributed by atoms with Crippen molar-refractivity contribution in [3.63, 3.8) is 0 Å². The maximum Gasteiger partial charge on any atom is 0.274 e. The average molecular weight is 292 g/mol. The Morgan fingerprint density at radius 3 is 2.58 bits per heavy atom. The first-order valence-corrected chi connectivity index (χ1v) is 8.89. The standard InChI is InChI=1S/C5H11BrNO2PS2/c1-2-3-7(12-6)10(11)8-4-5-9-10/h2-5H2,1H3. The van der Waals surface area contributed by atoms with Crippen LogP contribution in [0.2, 0.25) is 0 Å². The molecule has 7 heteroatoms. The van der Waals surface area contributed by atoms with Crippen LogP contribution in [-0.2, 0) is 20.9 Å². The van der Waals surface area contributed by atoms with Crippen molar-refractivity contribution in [3.8, 4) is 0 Å². The summed E-state index contributed by atoms with van der Waals surface area (Å²) < 4.78 is 12.8. The highest BCUT2D eigenvalue weighted by molar-refractivity contribution is 9.50. The Balaban J connectivity index is 2.56. The lowest BCUT2D eigenvalue weighted by molar-refractivity contribution is 0.365. The molecule has 0 spiro atoms. The van der Waals surface area contributed by atoms with Crippen molar-refractivity contribution >= 4 is 43.6 Å². The van der Waals surface area contributed by atoms with Crippen LogP contribution in [0.15, 0.2) is 0 Å². The fourth-order valence-corrected chi connectivity index (χ4v) is 6.81. The summed E-state index contributed by atoms with van der Waals surface area (Å²) >= 11 is 8.60. The number of halogens is 1. The van der Waals surface area contributed by atoms with E-state index < -0.39 is 6.64 Å². The molecule has 0 unspecified atom stereocenters. The molecule has 1 heterocycles. The zero-order valence-corrected chi connectivity index (χ0v) is 10.8. The Kier molecular flexibility index (Phi) is 5.04. The van der Waals surface area contributed by atoms with E-state index in [2.05, 4.69) is 21.7 Å². The van der Waals surface area contributed by atoms with Gasteiger partial charge >= 0.3 is 0 Å². The van der Waals surface area contributed by atoms with Gasteiger partial charge in [0.1, 0.15) is 0 Å². The first-order chi connectivity index (χ1) is 5.73. The van der Waals surface area contributed by atoms with Crippen LogP contribution in [-0.4, -0.2) is 23.8 Å². The van der Waals surface area contributed by atoms with Crippen molar-refractivity contribution in [3.05, 3.63) is 0 Å². The van der Waals surface area contributed by atoms with Crippen LogP contribution in [0.1, 0.15) is 13.3 Å². The second-order valence-corrected chi connectivity index (χ2v) is 7.32. The van der Waals surface area contributed by atoms with Gasteiger partial charge in [0.15, 0.2) is 0 Å². The third kappa shape index (κ3) is 2.67. The van der Waals surface area contributed by atoms with E-state index in [-0.39, 0.29) is 0 Å². The van der Waals surface area contributed by atoms with Gasteiger partial charge in [0.25, 0.3) is 6.64 Å². The van der Waals surface area contributed by atoms with E-state index in [1.165, 1.54) is 10.4 Å². The molecule has 72 valence electrons. The number of rotatable bonds is 4. The Labute approximate surface area is 89.7 Å². The normalized spacial score (nSPS) is 21.9. The van der Waals surface area contributed by atoms with Crippen LogP contribution < -0.4 is 0 Å². The molecule has 1 rings (SSSR count). The van der Waals surface area contributed by atoms with E-state index in [1.807, 2.05) is 4.08 Å². The highest BCUT2D eigenvalue weighted by Crippen LogP contribution is 2.59. The number of hydrogen-bond donors (Lipinski definition) is 0. The molecule has 0 radical (unpaired) electrons. The number of nitrogens with zero attached hydrogens (tertiary/aromatic N) is 1. The maximum absolute atomic E-state index is 5.42. The van der Waals surface area contributed by atoms with Gasteiger partial charge in [0.2, 0.25) is 0 Å². The SMILES string of the molecule is CCCN(SBr)P1(=S)OCCO1. The summed E-state index contributed by atoms with van der Waals surface area (Å²) in [6, 6.07) is 0. The molecule has 12 heavy (non-hydrogen) atoms. The molecule has 0 bridgehead atoms. The molecule has 1 fully saturated rings. The van der Waals surface area contributed by atoms with E-state index >= 15 is 0 Å². The number of hydrogen-bond acceptors (Lipinski definition) is 4. The van der Waals surface area contributed by atoms with Crippen LogP contribution in [0.5, 0.6) is 0 Å². The van der Waals surface area contributed by atoms with Gasteiger partial charge in [-0.05, 0) is 18.2 Å². The van der Waals surface area contributed by atoms with E-state index in [9.17, 15) is 0 Å². The summed E-state index contributed by atoms with van der Waals surface area (Å²) in [5.41, 5.74) is 0. The van der Waals surface area contributed by atoms with Crippen LogP contribution >= 0.6 is 31.8 Å². The van der Waals surface area contributed by atoms with Gasteiger partial charge in [-0.2, -0.15) is 4.08 Å². The lowest BCUT2D eigenvalue weighted by Crippen LogP contribution is -2.11.